The van der Waals surface area contributed by atoms with Gasteiger partial charge in [0.25, 0.3) is 0 Å². The van der Waals surface area contributed by atoms with Crippen LogP contribution in [0.5, 0.6) is 5.75 Å². The van der Waals surface area contributed by atoms with E-state index in [0.29, 0.717) is 0 Å². The van der Waals surface area contributed by atoms with Crippen molar-refractivity contribution in [2.45, 2.75) is 18.9 Å². The lowest BCUT2D eigenvalue weighted by Gasteiger charge is -2.10. The predicted octanol–water partition coefficient (Wildman–Crippen LogP) is 1.98. The highest BCUT2D eigenvalue weighted by molar-refractivity contribution is 5.44. The Morgan fingerprint density at radius 1 is 1.50 bits per heavy atom. The van der Waals surface area contributed by atoms with Crippen molar-refractivity contribution in [1.29, 1.82) is 0 Å². The van der Waals surface area contributed by atoms with E-state index in [1.165, 1.54) is 0 Å². The molecule has 1 unspecified atom stereocenters. The summed E-state index contributed by atoms with van der Waals surface area (Å²) in [5.74, 6) is 0.799. The average Bonchev–Trinajstić information content (AvgIpc) is 2.58. The lowest BCUT2D eigenvalue weighted by atomic mass is 10.1. The second-order valence-corrected chi connectivity index (χ2v) is 3.51. The van der Waals surface area contributed by atoms with Crippen LogP contribution in [0.3, 0.4) is 0 Å². The van der Waals surface area contributed by atoms with E-state index in [2.05, 4.69) is 0 Å². The van der Waals surface area contributed by atoms with Crippen LogP contribution in [0.15, 0.2) is 18.2 Å². The number of hydrogen-bond donors (Lipinski definition) is 1. The third-order valence-electron chi connectivity index (χ3n) is 2.61. The van der Waals surface area contributed by atoms with Gasteiger partial charge in [0.15, 0.2) is 0 Å². The highest BCUT2D eigenvalue weighted by Crippen LogP contribution is 2.35. The van der Waals surface area contributed by atoms with Crippen molar-refractivity contribution in [1.82, 2.24) is 0 Å². The second kappa shape index (κ2) is 3.96. The summed E-state index contributed by atoms with van der Waals surface area (Å²) in [6.07, 6.45) is 1.91. The van der Waals surface area contributed by atoms with Crippen molar-refractivity contribution in [3.8, 4) is 5.75 Å². The summed E-state index contributed by atoms with van der Waals surface area (Å²) in [5.41, 5.74) is 8.23. The van der Waals surface area contributed by atoms with Gasteiger partial charge in [0.1, 0.15) is 19.0 Å². The van der Waals surface area contributed by atoms with E-state index in [-0.39, 0.29) is 12.6 Å². The molecule has 1 aromatic carbocycles. The topological polar surface area (TPSA) is 35.2 Å². The van der Waals surface area contributed by atoms with Gasteiger partial charge in [-0.3, -0.25) is 0 Å². The summed E-state index contributed by atoms with van der Waals surface area (Å²) >= 11 is 0. The molecule has 0 radical (unpaired) electrons. The maximum absolute atomic E-state index is 12.0. The molecule has 0 saturated heterocycles. The molecule has 1 atom stereocenters. The number of nitrogens with two attached hydrogens (primary N) is 1. The van der Waals surface area contributed by atoms with Crippen LogP contribution in [-0.2, 0) is 6.42 Å². The van der Waals surface area contributed by atoms with Crippen molar-refractivity contribution in [2.24, 2.45) is 5.73 Å². The van der Waals surface area contributed by atoms with Crippen molar-refractivity contribution in [3.05, 3.63) is 29.3 Å². The molecule has 0 aliphatic heterocycles. The van der Waals surface area contributed by atoms with Gasteiger partial charge in [0.2, 0.25) is 0 Å². The number of alkyl halides is 1. The fourth-order valence-electron chi connectivity index (χ4n) is 1.94. The summed E-state index contributed by atoms with van der Waals surface area (Å²) in [7, 11) is 0. The molecule has 2 nitrogen and oxygen atoms in total. The number of hydrogen-bond acceptors (Lipinski definition) is 2. The highest BCUT2D eigenvalue weighted by Gasteiger charge is 2.21. The molecule has 2 N–H and O–H groups in total. The molecule has 0 saturated carbocycles. The van der Waals surface area contributed by atoms with Crippen LogP contribution >= 0.6 is 0 Å². The fourth-order valence-corrected chi connectivity index (χ4v) is 1.94. The van der Waals surface area contributed by atoms with Crippen LogP contribution in [0.25, 0.3) is 0 Å². The van der Waals surface area contributed by atoms with Crippen molar-refractivity contribution in [3.63, 3.8) is 0 Å². The number of halogens is 1. The van der Waals surface area contributed by atoms with Crippen LogP contribution < -0.4 is 10.5 Å². The van der Waals surface area contributed by atoms with Gasteiger partial charge in [-0.2, -0.15) is 0 Å². The Morgan fingerprint density at radius 2 is 2.36 bits per heavy atom. The molecule has 2 rings (SSSR count). The van der Waals surface area contributed by atoms with Crippen LogP contribution in [0.2, 0.25) is 0 Å². The minimum Gasteiger partial charge on any atom is -0.491 e. The summed E-state index contributed by atoms with van der Waals surface area (Å²) in [4.78, 5) is 0. The van der Waals surface area contributed by atoms with Gasteiger partial charge in [-0.25, -0.2) is 4.39 Å². The first-order valence-electron chi connectivity index (χ1n) is 4.89. The zero-order chi connectivity index (χ0) is 9.97. The Bertz CT molecular complexity index is 327. The lowest BCUT2D eigenvalue weighted by Crippen LogP contribution is -2.05. The van der Waals surface area contributed by atoms with Gasteiger partial charge in [-0.15, -0.1) is 0 Å². The minimum atomic E-state index is -0.449. The third kappa shape index (κ3) is 1.60. The zero-order valence-corrected chi connectivity index (χ0v) is 8.00. The summed E-state index contributed by atoms with van der Waals surface area (Å²) in [5, 5.41) is 0. The molecule has 1 aromatic rings. The number of ether oxygens (including phenoxy) is 1. The average molecular weight is 195 g/mol. The van der Waals surface area contributed by atoms with Crippen molar-refractivity contribution < 1.29 is 9.13 Å². The smallest absolute Gasteiger partial charge is 0.123 e. The first-order chi connectivity index (χ1) is 6.83. The molecule has 0 bridgehead atoms. The highest BCUT2D eigenvalue weighted by atomic mass is 19.1. The first kappa shape index (κ1) is 9.46. The molecule has 3 heteroatoms. The Labute approximate surface area is 82.9 Å². The largest absolute Gasteiger partial charge is 0.491 e. The summed E-state index contributed by atoms with van der Waals surface area (Å²) < 4.78 is 17.3. The summed E-state index contributed by atoms with van der Waals surface area (Å²) in [6, 6.07) is 5.94. The van der Waals surface area contributed by atoms with Crippen LogP contribution in [-0.4, -0.2) is 13.3 Å². The molecule has 0 aromatic heterocycles. The molecule has 0 heterocycles. The van der Waals surface area contributed by atoms with E-state index in [4.69, 9.17) is 10.5 Å². The Balaban J connectivity index is 2.25. The Hall–Kier alpha value is -1.09. The van der Waals surface area contributed by atoms with E-state index in [9.17, 15) is 4.39 Å². The molecule has 0 spiro atoms. The summed E-state index contributed by atoms with van der Waals surface area (Å²) in [6.45, 7) is -0.318. The van der Waals surface area contributed by atoms with E-state index in [1.54, 1.807) is 0 Å². The van der Waals surface area contributed by atoms with Crippen molar-refractivity contribution in [2.75, 3.05) is 13.3 Å². The van der Waals surface area contributed by atoms with Crippen LogP contribution in [0, 0.1) is 0 Å². The van der Waals surface area contributed by atoms with E-state index in [1.807, 2.05) is 18.2 Å². The zero-order valence-electron chi connectivity index (χ0n) is 8.00. The molecule has 1 aliphatic rings. The number of benzene rings is 1. The van der Waals surface area contributed by atoms with Crippen LogP contribution in [0.1, 0.15) is 23.6 Å². The van der Waals surface area contributed by atoms with Crippen molar-refractivity contribution >= 4 is 0 Å². The molecule has 0 fully saturated rings. The number of rotatable bonds is 3. The van der Waals surface area contributed by atoms with Gasteiger partial charge in [-0.1, -0.05) is 12.1 Å². The fraction of sp³-hybridized carbons (Fsp3) is 0.455. The molecule has 14 heavy (non-hydrogen) atoms. The molecule has 0 amide bonds. The standard InChI is InChI=1S/C11H14FNO/c12-6-7-14-11-3-1-2-8-9(11)4-5-10(8)13/h1-3,10H,4-7,13H2. The van der Waals surface area contributed by atoms with Gasteiger partial charge in [-0.05, 0) is 30.0 Å². The van der Waals surface area contributed by atoms with Gasteiger partial charge >= 0.3 is 0 Å². The normalized spacial score (nSPS) is 19.4. The van der Waals surface area contributed by atoms with E-state index in [0.717, 1.165) is 29.7 Å². The number of fused-ring (bicyclic) bond motifs is 1. The molecular formula is C11H14FNO. The SMILES string of the molecule is NC1CCc2c(OCCF)cccc21. The van der Waals surface area contributed by atoms with E-state index < -0.39 is 6.67 Å². The molecule has 76 valence electrons. The predicted molar refractivity (Wildman–Crippen MR) is 53.2 cm³/mol. The lowest BCUT2D eigenvalue weighted by molar-refractivity contribution is 0.271. The maximum Gasteiger partial charge on any atom is 0.123 e. The Kier molecular flexibility index (Phi) is 2.68. The van der Waals surface area contributed by atoms with Crippen LogP contribution in [0.4, 0.5) is 4.39 Å². The Morgan fingerprint density at radius 3 is 3.14 bits per heavy atom. The second-order valence-electron chi connectivity index (χ2n) is 3.51. The molecular weight excluding hydrogens is 181 g/mol. The van der Waals surface area contributed by atoms with Gasteiger partial charge in [0.05, 0.1) is 0 Å². The van der Waals surface area contributed by atoms with E-state index >= 15 is 0 Å². The quantitative estimate of drug-likeness (QED) is 0.800. The minimum absolute atomic E-state index is 0.124. The third-order valence-corrected chi connectivity index (χ3v) is 2.61. The molecule has 1 aliphatic carbocycles. The monoisotopic (exact) mass is 195 g/mol. The maximum atomic E-state index is 12.0. The van der Waals surface area contributed by atoms with Gasteiger partial charge < -0.3 is 10.5 Å². The first-order valence-corrected chi connectivity index (χ1v) is 4.89. The van der Waals surface area contributed by atoms with Gasteiger partial charge in [0, 0.05) is 6.04 Å².